The number of amides is 1. The van der Waals surface area contributed by atoms with Gasteiger partial charge in [0.1, 0.15) is 11.2 Å². The number of likely N-dealkylation sites (tertiary alicyclic amines) is 1. The standard InChI is InChI=1S/C20H23N7OS2/c1-12-6-5-7-13-15(12)16-17-21-11-22-27(17)19-23-24-20(26(19)18(16)30-13)29-10-14(28)25-8-3-2-4-9-25/h11-12H,2-10H2,1H3. The van der Waals surface area contributed by atoms with Gasteiger partial charge in [0.15, 0.2) is 10.8 Å². The van der Waals surface area contributed by atoms with Crippen molar-refractivity contribution in [2.24, 2.45) is 0 Å². The second-order valence-electron chi connectivity index (χ2n) is 8.26. The smallest absolute Gasteiger partial charge is 0.260 e. The number of hydrogen-bond acceptors (Lipinski definition) is 7. The maximum absolute atomic E-state index is 12.7. The molecule has 10 heteroatoms. The van der Waals surface area contributed by atoms with Gasteiger partial charge < -0.3 is 4.90 Å². The third-order valence-electron chi connectivity index (χ3n) is 6.35. The number of thiophene rings is 1. The van der Waals surface area contributed by atoms with E-state index in [1.807, 2.05) is 16.2 Å². The number of nitrogens with zero attached hydrogens (tertiary/aromatic N) is 7. The first-order valence-corrected chi connectivity index (χ1v) is 12.4. The summed E-state index contributed by atoms with van der Waals surface area (Å²) in [6.45, 7) is 4.05. The summed E-state index contributed by atoms with van der Waals surface area (Å²) >= 11 is 3.30. The zero-order chi connectivity index (χ0) is 20.2. The number of aryl methyl sites for hydroxylation is 1. The van der Waals surface area contributed by atoms with Crippen molar-refractivity contribution >= 4 is 50.6 Å². The van der Waals surface area contributed by atoms with Crippen LogP contribution in [0.1, 0.15) is 55.4 Å². The van der Waals surface area contributed by atoms with E-state index < -0.39 is 0 Å². The Morgan fingerprint density at radius 1 is 1.23 bits per heavy atom. The average molecular weight is 442 g/mol. The minimum Gasteiger partial charge on any atom is -0.342 e. The molecule has 156 valence electrons. The first-order valence-electron chi connectivity index (χ1n) is 10.6. The Balaban J connectivity index is 1.46. The first-order chi connectivity index (χ1) is 14.7. The summed E-state index contributed by atoms with van der Waals surface area (Å²) in [4.78, 5) is 21.8. The van der Waals surface area contributed by atoms with Crippen molar-refractivity contribution < 1.29 is 4.79 Å². The Hall–Kier alpha value is -2.20. The minimum absolute atomic E-state index is 0.189. The zero-order valence-electron chi connectivity index (χ0n) is 16.9. The summed E-state index contributed by atoms with van der Waals surface area (Å²) in [5.74, 6) is 1.75. The van der Waals surface area contributed by atoms with E-state index in [0.717, 1.165) is 48.0 Å². The molecule has 1 amide bonds. The van der Waals surface area contributed by atoms with Crippen LogP contribution < -0.4 is 0 Å². The van der Waals surface area contributed by atoms with Gasteiger partial charge in [0.2, 0.25) is 5.91 Å². The molecule has 0 N–H and O–H groups in total. The van der Waals surface area contributed by atoms with E-state index in [0.29, 0.717) is 17.4 Å². The number of thioether (sulfide) groups is 1. The van der Waals surface area contributed by atoms with Crippen LogP contribution >= 0.6 is 23.1 Å². The molecule has 0 aromatic carbocycles. The molecule has 0 saturated carbocycles. The molecule has 1 saturated heterocycles. The van der Waals surface area contributed by atoms with E-state index in [4.69, 9.17) is 0 Å². The monoisotopic (exact) mass is 441 g/mol. The van der Waals surface area contributed by atoms with Gasteiger partial charge in [-0.2, -0.15) is 9.61 Å². The van der Waals surface area contributed by atoms with Crippen LogP contribution in [0.25, 0.3) is 21.6 Å². The maximum Gasteiger partial charge on any atom is 0.260 e. The van der Waals surface area contributed by atoms with Crippen LogP contribution in [-0.4, -0.2) is 58.8 Å². The van der Waals surface area contributed by atoms with E-state index in [9.17, 15) is 4.79 Å². The molecule has 0 bridgehead atoms. The summed E-state index contributed by atoms with van der Waals surface area (Å²) in [7, 11) is 0. The molecule has 8 nitrogen and oxygen atoms in total. The largest absolute Gasteiger partial charge is 0.342 e. The predicted octanol–water partition coefficient (Wildman–Crippen LogP) is 3.53. The number of aromatic nitrogens is 6. The number of hydrogen-bond donors (Lipinski definition) is 0. The molecule has 1 fully saturated rings. The van der Waals surface area contributed by atoms with Crippen LogP contribution in [-0.2, 0) is 11.2 Å². The SMILES string of the molecule is CC1CCCc2sc3c(c21)c1ncnn1c1nnc(SCC(=O)N2CCCCC2)n31. The maximum atomic E-state index is 12.7. The summed E-state index contributed by atoms with van der Waals surface area (Å²) in [5, 5.41) is 15.2. The molecule has 5 heterocycles. The van der Waals surface area contributed by atoms with Crippen molar-refractivity contribution in [2.75, 3.05) is 18.8 Å². The van der Waals surface area contributed by atoms with Gasteiger partial charge >= 0.3 is 0 Å². The van der Waals surface area contributed by atoms with Crippen LogP contribution in [0.15, 0.2) is 11.5 Å². The topological polar surface area (TPSA) is 80.7 Å². The molecule has 0 radical (unpaired) electrons. The summed E-state index contributed by atoms with van der Waals surface area (Å²) < 4.78 is 3.88. The van der Waals surface area contributed by atoms with Crippen molar-refractivity contribution in [1.82, 2.24) is 34.1 Å². The van der Waals surface area contributed by atoms with Gasteiger partial charge in [-0.15, -0.1) is 21.5 Å². The second kappa shape index (κ2) is 7.19. The van der Waals surface area contributed by atoms with Crippen molar-refractivity contribution in [3.05, 3.63) is 16.8 Å². The molecule has 4 aromatic heterocycles. The molecule has 4 aromatic rings. The third kappa shape index (κ3) is 2.76. The van der Waals surface area contributed by atoms with Gasteiger partial charge in [-0.05, 0) is 50.0 Å². The average Bonchev–Trinajstić information content (AvgIpc) is 3.48. The highest BCUT2D eigenvalue weighted by atomic mass is 32.2. The highest BCUT2D eigenvalue weighted by molar-refractivity contribution is 7.99. The van der Waals surface area contributed by atoms with Crippen molar-refractivity contribution in [2.45, 2.75) is 56.5 Å². The van der Waals surface area contributed by atoms with Crippen molar-refractivity contribution in [3.63, 3.8) is 0 Å². The number of carbonyl (C=O) groups is 1. The van der Waals surface area contributed by atoms with Gasteiger partial charge in [-0.1, -0.05) is 18.7 Å². The lowest BCUT2D eigenvalue weighted by molar-refractivity contribution is -0.129. The Kier molecular flexibility index (Phi) is 4.45. The van der Waals surface area contributed by atoms with Crippen molar-refractivity contribution in [3.8, 4) is 0 Å². The highest BCUT2D eigenvalue weighted by Gasteiger charge is 2.28. The lowest BCUT2D eigenvalue weighted by Gasteiger charge is -2.26. The van der Waals surface area contributed by atoms with Gasteiger partial charge in [-0.3, -0.25) is 4.79 Å². The first kappa shape index (κ1) is 18.6. The molecule has 0 spiro atoms. The van der Waals surface area contributed by atoms with Gasteiger partial charge in [0.05, 0.1) is 11.1 Å². The normalized spacial score (nSPS) is 19.8. The Morgan fingerprint density at radius 3 is 2.97 bits per heavy atom. The Labute approximate surface area is 181 Å². The molecule has 2 aliphatic rings. The third-order valence-corrected chi connectivity index (χ3v) is 8.52. The fraction of sp³-hybridized carbons (Fsp3) is 0.550. The van der Waals surface area contributed by atoms with E-state index in [1.54, 1.807) is 10.8 Å². The van der Waals surface area contributed by atoms with Crippen molar-refractivity contribution in [1.29, 1.82) is 0 Å². The van der Waals surface area contributed by atoms with Crippen LogP contribution in [0, 0.1) is 0 Å². The number of fused-ring (bicyclic) bond motifs is 8. The highest BCUT2D eigenvalue weighted by Crippen LogP contribution is 2.44. The molecule has 30 heavy (non-hydrogen) atoms. The van der Waals surface area contributed by atoms with Crippen LogP contribution in [0.4, 0.5) is 0 Å². The lowest BCUT2D eigenvalue weighted by Crippen LogP contribution is -2.36. The lowest BCUT2D eigenvalue weighted by atomic mass is 9.87. The van der Waals surface area contributed by atoms with Crippen LogP contribution in [0.2, 0.25) is 0 Å². The quantitative estimate of drug-likeness (QED) is 0.453. The minimum atomic E-state index is 0.189. The number of piperidine rings is 1. The van der Waals surface area contributed by atoms with Gasteiger partial charge in [0.25, 0.3) is 5.78 Å². The summed E-state index contributed by atoms with van der Waals surface area (Å²) in [6, 6.07) is 0. The number of rotatable bonds is 3. The van der Waals surface area contributed by atoms with E-state index in [1.165, 1.54) is 46.9 Å². The van der Waals surface area contributed by atoms with Crippen LogP contribution in [0.3, 0.4) is 0 Å². The molecular weight excluding hydrogens is 418 g/mol. The zero-order valence-corrected chi connectivity index (χ0v) is 18.5. The van der Waals surface area contributed by atoms with E-state index in [2.05, 4.69) is 31.6 Å². The van der Waals surface area contributed by atoms with Gasteiger partial charge in [-0.25, -0.2) is 9.38 Å². The molecule has 1 unspecified atom stereocenters. The second-order valence-corrected chi connectivity index (χ2v) is 10.3. The summed E-state index contributed by atoms with van der Waals surface area (Å²) in [6.07, 6.45) is 8.56. The molecule has 1 atom stereocenters. The Morgan fingerprint density at radius 2 is 2.10 bits per heavy atom. The molecule has 6 rings (SSSR count). The van der Waals surface area contributed by atoms with Gasteiger partial charge in [0, 0.05) is 18.0 Å². The fourth-order valence-electron chi connectivity index (χ4n) is 4.86. The Bertz CT molecular complexity index is 1270. The summed E-state index contributed by atoms with van der Waals surface area (Å²) in [5.41, 5.74) is 2.27. The molecule has 1 aliphatic carbocycles. The fourth-order valence-corrected chi connectivity index (χ4v) is 7.21. The van der Waals surface area contributed by atoms with E-state index >= 15 is 0 Å². The number of carbonyl (C=O) groups excluding carboxylic acids is 1. The van der Waals surface area contributed by atoms with E-state index in [-0.39, 0.29) is 5.91 Å². The molecular formula is C20H23N7OS2. The molecule has 1 aliphatic heterocycles. The van der Waals surface area contributed by atoms with Crippen LogP contribution in [0.5, 0.6) is 0 Å². The predicted molar refractivity (Wildman–Crippen MR) is 117 cm³/mol.